The third-order valence-corrected chi connectivity index (χ3v) is 2.30. The zero-order valence-corrected chi connectivity index (χ0v) is 10.1. The predicted molar refractivity (Wildman–Crippen MR) is 63.1 cm³/mol. The van der Waals surface area contributed by atoms with Crippen molar-refractivity contribution in [2.75, 3.05) is 0 Å². The highest BCUT2D eigenvalue weighted by molar-refractivity contribution is 5.95. The fourth-order valence-corrected chi connectivity index (χ4v) is 1.38. The molecule has 0 fully saturated rings. The lowest BCUT2D eigenvalue weighted by Gasteiger charge is -2.02. The highest BCUT2D eigenvalue weighted by Gasteiger charge is 2.10. The van der Waals surface area contributed by atoms with Crippen LogP contribution in [0, 0.1) is 6.92 Å². The third-order valence-electron chi connectivity index (χ3n) is 2.30. The first kappa shape index (κ1) is 12.7. The molecule has 0 bridgehead atoms. The minimum Gasteiger partial charge on any atom is -0.452 e. The van der Waals surface area contributed by atoms with Gasteiger partial charge in [0, 0.05) is 12.5 Å². The lowest BCUT2D eigenvalue weighted by Crippen LogP contribution is -2.11. The summed E-state index contributed by atoms with van der Waals surface area (Å²) in [6.45, 7) is 1.54. The summed E-state index contributed by atoms with van der Waals surface area (Å²) in [5.41, 5.74) is 5.72. The van der Waals surface area contributed by atoms with E-state index in [1.165, 1.54) is 24.3 Å². The molecule has 1 heterocycles. The number of rotatable bonds is 4. The van der Waals surface area contributed by atoms with Crippen LogP contribution < -0.4 is 5.73 Å². The van der Waals surface area contributed by atoms with E-state index in [4.69, 9.17) is 14.9 Å². The van der Waals surface area contributed by atoms with Gasteiger partial charge in [0.1, 0.15) is 0 Å². The van der Waals surface area contributed by atoms with E-state index in [1.807, 2.05) is 0 Å². The number of ether oxygens (including phenoxy) is 1. The average Bonchev–Trinajstić information content (AvgIpc) is 2.82. The standard InChI is InChI=1S/C12H11N3O4/c1-7-14-15-10(19-7)6-18-12(17)9-4-2-8(3-5-9)11(13)16/h2-5H,6H2,1H3,(H2,13,16). The summed E-state index contributed by atoms with van der Waals surface area (Å²) in [7, 11) is 0. The first-order valence-corrected chi connectivity index (χ1v) is 5.42. The van der Waals surface area contributed by atoms with Gasteiger partial charge in [-0.1, -0.05) is 0 Å². The SMILES string of the molecule is Cc1nnc(COC(=O)c2ccc(C(N)=O)cc2)o1. The molecule has 0 saturated carbocycles. The molecule has 0 aliphatic rings. The number of nitrogens with two attached hydrogens (primary N) is 1. The van der Waals surface area contributed by atoms with Gasteiger partial charge >= 0.3 is 5.97 Å². The number of aromatic nitrogens is 2. The van der Waals surface area contributed by atoms with Gasteiger partial charge in [0.05, 0.1) is 5.56 Å². The molecule has 0 unspecified atom stereocenters. The van der Waals surface area contributed by atoms with Crippen molar-refractivity contribution in [1.82, 2.24) is 10.2 Å². The van der Waals surface area contributed by atoms with E-state index in [9.17, 15) is 9.59 Å². The largest absolute Gasteiger partial charge is 0.452 e. The average molecular weight is 261 g/mol. The van der Waals surface area contributed by atoms with Crippen molar-refractivity contribution in [3.8, 4) is 0 Å². The monoisotopic (exact) mass is 261 g/mol. The van der Waals surface area contributed by atoms with Crippen LogP contribution in [0.15, 0.2) is 28.7 Å². The van der Waals surface area contributed by atoms with Crippen LogP contribution in [0.3, 0.4) is 0 Å². The minimum absolute atomic E-state index is 0.1000. The summed E-state index contributed by atoms with van der Waals surface area (Å²) in [6, 6.07) is 5.83. The van der Waals surface area contributed by atoms with Gasteiger partial charge in [-0.25, -0.2) is 4.79 Å². The highest BCUT2D eigenvalue weighted by atomic mass is 16.5. The molecule has 0 saturated heterocycles. The Morgan fingerprint density at radius 2 is 1.84 bits per heavy atom. The molecule has 0 atom stereocenters. The molecule has 0 radical (unpaired) electrons. The van der Waals surface area contributed by atoms with Crippen molar-refractivity contribution < 1.29 is 18.7 Å². The molecule has 19 heavy (non-hydrogen) atoms. The first-order chi connectivity index (χ1) is 9.06. The van der Waals surface area contributed by atoms with Crippen LogP contribution in [0.5, 0.6) is 0 Å². The zero-order chi connectivity index (χ0) is 13.8. The van der Waals surface area contributed by atoms with E-state index in [2.05, 4.69) is 10.2 Å². The maximum atomic E-state index is 11.7. The van der Waals surface area contributed by atoms with Crippen LogP contribution in [0.1, 0.15) is 32.5 Å². The Morgan fingerprint density at radius 3 is 2.37 bits per heavy atom. The second-order valence-corrected chi connectivity index (χ2v) is 3.73. The Hall–Kier alpha value is -2.70. The molecule has 2 aromatic rings. The third kappa shape index (κ3) is 3.15. The van der Waals surface area contributed by atoms with Crippen LogP contribution in [-0.2, 0) is 11.3 Å². The lowest BCUT2D eigenvalue weighted by atomic mass is 10.1. The van der Waals surface area contributed by atoms with E-state index >= 15 is 0 Å². The number of amides is 1. The number of carbonyl (C=O) groups excluding carboxylic acids is 2. The number of primary amides is 1. The summed E-state index contributed by atoms with van der Waals surface area (Å²) in [5, 5.41) is 7.30. The Morgan fingerprint density at radius 1 is 1.21 bits per heavy atom. The summed E-state index contributed by atoms with van der Waals surface area (Å²) in [4.78, 5) is 22.6. The van der Waals surface area contributed by atoms with Crippen molar-refractivity contribution in [3.63, 3.8) is 0 Å². The van der Waals surface area contributed by atoms with Crippen LogP contribution in [0.25, 0.3) is 0 Å². The number of hydrogen-bond donors (Lipinski definition) is 1. The first-order valence-electron chi connectivity index (χ1n) is 5.42. The lowest BCUT2D eigenvalue weighted by molar-refractivity contribution is 0.0436. The normalized spacial score (nSPS) is 10.2. The molecule has 0 aliphatic heterocycles. The molecule has 1 aromatic carbocycles. The van der Waals surface area contributed by atoms with Crippen molar-refractivity contribution in [1.29, 1.82) is 0 Å². The number of aryl methyl sites for hydroxylation is 1. The molecule has 1 amide bonds. The molecule has 7 nitrogen and oxygen atoms in total. The molecule has 0 aliphatic carbocycles. The Labute approximate surface area is 108 Å². The maximum absolute atomic E-state index is 11.7. The van der Waals surface area contributed by atoms with Gasteiger partial charge in [-0.2, -0.15) is 0 Å². The minimum atomic E-state index is -0.554. The summed E-state index contributed by atoms with van der Waals surface area (Å²) >= 11 is 0. The topological polar surface area (TPSA) is 108 Å². The molecular weight excluding hydrogens is 250 g/mol. The Bertz CT molecular complexity index is 604. The van der Waals surface area contributed by atoms with Crippen molar-refractivity contribution >= 4 is 11.9 Å². The Balaban J connectivity index is 1.98. The molecule has 1 aromatic heterocycles. The van der Waals surface area contributed by atoms with Gasteiger partial charge in [-0.05, 0) is 24.3 Å². The number of hydrogen-bond acceptors (Lipinski definition) is 6. The number of esters is 1. The predicted octanol–water partition coefficient (Wildman–Crippen LogP) is 0.834. The van der Waals surface area contributed by atoms with Crippen molar-refractivity contribution in [2.24, 2.45) is 5.73 Å². The maximum Gasteiger partial charge on any atom is 0.338 e. The van der Waals surface area contributed by atoms with E-state index in [0.29, 0.717) is 17.0 Å². The van der Waals surface area contributed by atoms with E-state index in [-0.39, 0.29) is 12.5 Å². The van der Waals surface area contributed by atoms with Crippen LogP contribution in [-0.4, -0.2) is 22.1 Å². The van der Waals surface area contributed by atoms with E-state index < -0.39 is 11.9 Å². The molecule has 0 spiro atoms. The molecule has 98 valence electrons. The Kier molecular flexibility index (Phi) is 3.56. The molecular formula is C12H11N3O4. The second kappa shape index (κ2) is 5.30. The van der Waals surface area contributed by atoms with E-state index in [0.717, 1.165) is 0 Å². The smallest absolute Gasteiger partial charge is 0.338 e. The summed E-state index contributed by atoms with van der Waals surface area (Å²) in [5.74, 6) is -0.482. The van der Waals surface area contributed by atoms with Gasteiger partial charge in [-0.15, -0.1) is 10.2 Å². The fourth-order valence-electron chi connectivity index (χ4n) is 1.38. The van der Waals surface area contributed by atoms with Crippen molar-refractivity contribution in [2.45, 2.75) is 13.5 Å². The fraction of sp³-hybridized carbons (Fsp3) is 0.167. The van der Waals surface area contributed by atoms with Crippen LogP contribution >= 0.6 is 0 Å². The highest BCUT2D eigenvalue weighted by Crippen LogP contribution is 2.07. The van der Waals surface area contributed by atoms with Gasteiger partial charge in [0.15, 0.2) is 6.61 Å². The van der Waals surface area contributed by atoms with E-state index in [1.54, 1.807) is 6.92 Å². The molecule has 2 rings (SSSR count). The number of carbonyl (C=O) groups is 2. The molecule has 7 heteroatoms. The second-order valence-electron chi connectivity index (χ2n) is 3.73. The number of benzene rings is 1. The van der Waals surface area contributed by atoms with Gasteiger partial charge in [0.25, 0.3) is 5.89 Å². The van der Waals surface area contributed by atoms with Gasteiger partial charge < -0.3 is 14.9 Å². The number of nitrogens with zero attached hydrogens (tertiary/aromatic N) is 2. The summed E-state index contributed by atoms with van der Waals surface area (Å²) < 4.78 is 10.0. The van der Waals surface area contributed by atoms with Crippen LogP contribution in [0.4, 0.5) is 0 Å². The summed E-state index contributed by atoms with van der Waals surface area (Å²) in [6.07, 6.45) is 0. The zero-order valence-electron chi connectivity index (χ0n) is 10.1. The van der Waals surface area contributed by atoms with Gasteiger partial charge in [0.2, 0.25) is 11.8 Å². The quantitative estimate of drug-likeness (QED) is 0.816. The van der Waals surface area contributed by atoms with Crippen LogP contribution in [0.2, 0.25) is 0 Å². The molecule has 2 N–H and O–H groups in total. The van der Waals surface area contributed by atoms with Crippen molar-refractivity contribution in [3.05, 3.63) is 47.2 Å². The van der Waals surface area contributed by atoms with Gasteiger partial charge in [-0.3, -0.25) is 4.79 Å².